The van der Waals surface area contributed by atoms with Gasteiger partial charge in [0.05, 0.1) is 12.8 Å². The van der Waals surface area contributed by atoms with E-state index >= 15 is 0 Å². The van der Waals surface area contributed by atoms with Crippen molar-refractivity contribution in [2.24, 2.45) is 0 Å². The molecule has 6 heteroatoms. The number of halogens is 2. The Morgan fingerprint density at radius 2 is 1.95 bits per heavy atom. The number of benzene rings is 2. The third-order valence-corrected chi connectivity index (χ3v) is 3.13. The normalized spacial score (nSPS) is 10.0. The van der Waals surface area contributed by atoms with Crippen molar-refractivity contribution < 1.29 is 18.7 Å². The molecular formula is C15H13BrFNO3. The molecule has 2 aromatic carbocycles. The molecule has 2 aromatic rings. The van der Waals surface area contributed by atoms with E-state index in [9.17, 15) is 9.18 Å². The molecule has 0 aliphatic carbocycles. The maximum absolute atomic E-state index is 13.6. The molecule has 21 heavy (non-hydrogen) atoms. The van der Waals surface area contributed by atoms with Crippen LogP contribution in [0.4, 0.5) is 10.1 Å². The molecule has 4 nitrogen and oxygen atoms in total. The fraction of sp³-hybridized carbons (Fsp3) is 0.133. The van der Waals surface area contributed by atoms with Crippen LogP contribution in [-0.2, 0) is 4.79 Å². The van der Waals surface area contributed by atoms with Crippen molar-refractivity contribution in [2.45, 2.75) is 0 Å². The molecule has 0 heterocycles. The first-order valence-corrected chi connectivity index (χ1v) is 6.90. The maximum Gasteiger partial charge on any atom is 0.262 e. The maximum atomic E-state index is 13.6. The minimum absolute atomic E-state index is 0.104. The second-order valence-corrected chi connectivity index (χ2v) is 5.03. The Labute approximate surface area is 130 Å². The summed E-state index contributed by atoms with van der Waals surface area (Å²) in [5, 5.41) is 2.44. The summed E-state index contributed by atoms with van der Waals surface area (Å²) in [6, 6.07) is 11.4. The first-order chi connectivity index (χ1) is 10.1. The predicted molar refractivity (Wildman–Crippen MR) is 81.2 cm³/mol. The number of nitrogens with one attached hydrogen (secondary N) is 1. The highest BCUT2D eigenvalue weighted by Gasteiger charge is 2.09. The van der Waals surface area contributed by atoms with Crippen LogP contribution in [0.2, 0.25) is 0 Å². The van der Waals surface area contributed by atoms with Gasteiger partial charge in [-0.1, -0.05) is 28.1 Å². The highest BCUT2D eigenvalue weighted by atomic mass is 79.9. The van der Waals surface area contributed by atoms with Crippen LogP contribution in [-0.4, -0.2) is 19.6 Å². The van der Waals surface area contributed by atoms with Gasteiger partial charge in [0, 0.05) is 4.47 Å². The minimum atomic E-state index is -0.519. The van der Waals surface area contributed by atoms with E-state index in [1.807, 2.05) is 0 Å². The van der Waals surface area contributed by atoms with Crippen molar-refractivity contribution in [3.8, 4) is 11.5 Å². The van der Waals surface area contributed by atoms with Gasteiger partial charge in [-0.05, 0) is 30.3 Å². The van der Waals surface area contributed by atoms with Gasteiger partial charge in [-0.25, -0.2) is 4.39 Å². The summed E-state index contributed by atoms with van der Waals surface area (Å²) in [6.45, 7) is -0.240. The SMILES string of the molecule is COc1ccccc1OCC(=O)Nc1ccc(Br)cc1F. The molecule has 0 fully saturated rings. The van der Waals surface area contributed by atoms with Gasteiger partial charge in [0.2, 0.25) is 0 Å². The molecule has 0 unspecified atom stereocenters. The van der Waals surface area contributed by atoms with Gasteiger partial charge in [-0.3, -0.25) is 4.79 Å². The van der Waals surface area contributed by atoms with E-state index in [-0.39, 0.29) is 12.3 Å². The summed E-state index contributed by atoms with van der Waals surface area (Å²) in [6.07, 6.45) is 0. The number of hydrogen-bond donors (Lipinski definition) is 1. The lowest BCUT2D eigenvalue weighted by Gasteiger charge is -2.11. The number of hydrogen-bond acceptors (Lipinski definition) is 3. The fourth-order valence-electron chi connectivity index (χ4n) is 1.66. The Bertz CT molecular complexity index is 649. The highest BCUT2D eigenvalue weighted by molar-refractivity contribution is 9.10. The average Bonchev–Trinajstić information content (AvgIpc) is 2.48. The van der Waals surface area contributed by atoms with Gasteiger partial charge in [0.1, 0.15) is 5.82 Å². The molecule has 0 spiro atoms. The zero-order valence-corrected chi connectivity index (χ0v) is 12.8. The van der Waals surface area contributed by atoms with E-state index < -0.39 is 11.7 Å². The topological polar surface area (TPSA) is 47.6 Å². The van der Waals surface area contributed by atoms with E-state index in [1.54, 1.807) is 30.3 Å². The van der Waals surface area contributed by atoms with Crippen LogP contribution < -0.4 is 14.8 Å². The molecule has 0 saturated carbocycles. The summed E-state index contributed by atoms with van der Waals surface area (Å²) >= 11 is 3.15. The Kier molecular flexibility index (Phi) is 5.16. The summed E-state index contributed by atoms with van der Waals surface area (Å²) in [5.74, 6) is 0.00342. The predicted octanol–water partition coefficient (Wildman–Crippen LogP) is 3.61. The first-order valence-electron chi connectivity index (χ1n) is 6.11. The van der Waals surface area contributed by atoms with Crippen LogP contribution in [0, 0.1) is 5.82 Å². The van der Waals surface area contributed by atoms with Crippen LogP contribution in [0.25, 0.3) is 0 Å². The lowest BCUT2D eigenvalue weighted by molar-refractivity contribution is -0.118. The lowest BCUT2D eigenvalue weighted by Crippen LogP contribution is -2.20. The van der Waals surface area contributed by atoms with Crippen LogP contribution in [0.15, 0.2) is 46.9 Å². The molecule has 0 aromatic heterocycles. The largest absolute Gasteiger partial charge is 0.493 e. The molecule has 0 saturated heterocycles. The number of rotatable bonds is 5. The van der Waals surface area contributed by atoms with Gasteiger partial charge in [-0.15, -0.1) is 0 Å². The third kappa shape index (κ3) is 4.19. The average molecular weight is 354 g/mol. The van der Waals surface area contributed by atoms with Gasteiger partial charge in [0.15, 0.2) is 18.1 Å². The Morgan fingerprint density at radius 1 is 1.24 bits per heavy atom. The number of carbonyl (C=O) groups excluding carboxylic acids is 1. The molecular weight excluding hydrogens is 341 g/mol. The molecule has 0 aliphatic heterocycles. The van der Waals surface area contributed by atoms with Gasteiger partial charge >= 0.3 is 0 Å². The second-order valence-electron chi connectivity index (χ2n) is 4.11. The first kappa shape index (κ1) is 15.3. The Morgan fingerprint density at radius 3 is 2.62 bits per heavy atom. The van der Waals surface area contributed by atoms with E-state index in [1.165, 1.54) is 19.2 Å². The number of methoxy groups -OCH3 is 1. The van der Waals surface area contributed by atoms with E-state index in [2.05, 4.69) is 21.2 Å². The van der Waals surface area contributed by atoms with E-state index in [0.29, 0.717) is 16.0 Å². The zero-order chi connectivity index (χ0) is 15.2. The molecule has 0 atom stereocenters. The summed E-state index contributed by atoms with van der Waals surface area (Å²) in [7, 11) is 1.51. The van der Waals surface area contributed by atoms with Gasteiger partial charge in [0.25, 0.3) is 5.91 Å². The summed E-state index contributed by atoms with van der Waals surface area (Å²) < 4.78 is 24.7. The van der Waals surface area contributed by atoms with Crippen molar-refractivity contribution in [1.82, 2.24) is 0 Å². The summed E-state index contributed by atoms with van der Waals surface area (Å²) in [5.41, 5.74) is 0.104. The monoisotopic (exact) mass is 353 g/mol. The van der Waals surface area contributed by atoms with Crippen molar-refractivity contribution in [3.63, 3.8) is 0 Å². The molecule has 0 aliphatic rings. The molecule has 110 valence electrons. The molecule has 1 N–H and O–H groups in total. The number of anilines is 1. The van der Waals surface area contributed by atoms with Crippen LogP contribution in [0.3, 0.4) is 0 Å². The van der Waals surface area contributed by atoms with Gasteiger partial charge < -0.3 is 14.8 Å². The third-order valence-electron chi connectivity index (χ3n) is 2.63. The van der Waals surface area contributed by atoms with Crippen molar-refractivity contribution in [2.75, 3.05) is 19.0 Å². The van der Waals surface area contributed by atoms with Crippen LogP contribution >= 0.6 is 15.9 Å². The molecule has 2 rings (SSSR count). The van der Waals surface area contributed by atoms with Gasteiger partial charge in [-0.2, -0.15) is 0 Å². The highest BCUT2D eigenvalue weighted by Crippen LogP contribution is 2.25. The molecule has 0 radical (unpaired) electrons. The van der Waals surface area contributed by atoms with Crippen LogP contribution in [0.5, 0.6) is 11.5 Å². The zero-order valence-electron chi connectivity index (χ0n) is 11.2. The van der Waals surface area contributed by atoms with Crippen LogP contribution in [0.1, 0.15) is 0 Å². The Hall–Kier alpha value is -2.08. The summed E-state index contributed by atoms with van der Waals surface area (Å²) in [4.78, 5) is 11.8. The Balaban J connectivity index is 1.96. The van der Waals surface area contributed by atoms with Crippen molar-refractivity contribution >= 4 is 27.5 Å². The lowest BCUT2D eigenvalue weighted by atomic mass is 10.3. The smallest absolute Gasteiger partial charge is 0.262 e. The molecule has 0 bridgehead atoms. The second kappa shape index (κ2) is 7.08. The minimum Gasteiger partial charge on any atom is -0.493 e. The van der Waals surface area contributed by atoms with E-state index in [4.69, 9.17) is 9.47 Å². The van der Waals surface area contributed by atoms with Crippen molar-refractivity contribution in [3.05, 3.63) is 52.8 Å². The standard InChI is InChI=1S/C15H13BrFNO3/c1-20-13-4-2-3-5-14(13)21-9-15(19)18-12-7-6-10(16)8-11(12)17/h2-8H,9H2,1H3,(H,18,19). The van der Waals surface area contributed by atoms with E-state index in [0.717, 1.165) is 0 Å². The number of amides is 1. The number of carbonyl (C=O) groups is 1. The fourth-order valence-corrected chi connectivity index (χ4v) is 1.99. The number of para-hydroxylation sites is 2. The number of ether oxygens (including phenoxy) is 2. The quantitative estimate of drug-likeness (QED) is 0.892. The van der Waals surface area contributed by atoms with Crippen molar-refractivity contribution in [1.29, 1.82) is 0 Å². The molecule has 1 amide bonds.